The van der Waals surface area contributed by atoms with Crippen LogP contribution in [0.4, 0.5) is 0 Å². The third-order valence-electron chi connectivity index (χ3n) is 4.83. The van der Waals surface area contributed by atoms with E-state index in [2.05, 4.69) is 5.32 Å². The van der Waals surface area contributed by atoms with Gasteiger partial charge in [0.05, 0.1) is 11.2 Å². The molecule has 25 heavy (non-hydrogen) atoms. The van der Waals surface area contributed by atoms with Crippen molar-refractivity contribution < 1.29 is 14.1 Å². The third-order valence-corrected chi connectivity index (χ3v) is 4.83. The van der Waals surface area contributed by atoms with Gasteiger partial charge in [-0.15, -0.1) is 0 Å². The second-order valence-corrected chi connectivity index (χ2v) is 7.66. The molecule has 1 heterocycles. The molecule has 0 spiro atoms. The van der Waals surface area contributed by atoms with Gasteiger partial charge in [0, 0.05) is 26.2 Å². The normalized spacial score (nSPS) is 19.2. The fourth-order valence-electron chi connectivity index (χ4n) is 2.63. The first-order valence-electron chi connectivity index (χ1n) is 8.60. The van der Waals surface area contributed by atoms with Gasteiger partial charge in [-0.25, -0.2) is 0 Å². The maximum absolute atomic E-state index is 12.2. The summed E-state index contributed by atoms with van der Waals surface area (Å²) in [5.74, 6) is -0.0129. The zero-order valence-electron chi connectivity index (χ0n) is 16.3. The van der Waals surface area contributed by atoms with Crippen LogP contribution in [0.2, 0.25) is 0 Å². The molecule has 0 unspecified atom stereocenters. The lowest BCUT2D eigenvalue weighted by atomic mass is 9.77. The van der Waals surface area contributed by atoms with E-state index in [0.29, 0.717) is 12.1 Å². The van der Waals surface area contributed by atoms with Gasteiger partial charge in [-0.3, -0.25) is 4.79 Å². The summed E-state index contributed by atoms with van der Waals surface area (Å²) < 4.78 is 12.3. The highest BCUT2D eigenvalue weighted by molar-refractivity contribution is 6.55. The standard InChI is InChI=1S/C19H29BN2O3/c1-18(2)19(3,4)25-20(24-18)16(13-21-5)12-14-9-8-10-15(11-14)17(23)22(6)7/h8-12,21H,13H2,1-7H3. The second kappa shape index (κ2) is 7.32. The maximum Gasteiger partial charge on any atom is 0.491 e. The summed E-state index contributed by atoms with van der Waals surface area (Å²) in [7, 11) is 4.99. The highest BCUT2D eigenvalue weighted by Gasteiger charge is 2.52. The van der Waals surface area contributed by atoms with Crippen LogP contribution in [-0.4, -0.2) is 56.8 Å². The summed E-state index contributed by atoms with van der Waals surface area (Å²) in [6, 6.07) is 7.59. The van der Waals surface area contributed by atoms with Crippen molar-refractivity contribution in [3.05, 3.63) is 40.9 Å². The van der Waals surface area contributed by atoms with Crippen molar-refractivity contribution in [3.8, 4) is 0 Å². The van der Waals surface area contributed by atoms with Crippen LogP contribution in [-0.2, 0) is 9.31 Å². The van der Waals surface area contributed by atoms with Crippen molar-refractivity contribution in [1.82, 2.24) is 10.2 Å². The number of hydrogen-bond acceptors (Lipinski definition) is 4. The largest absolute Gasteiger partial charge is 0.491 e. The molecule has 5 nitrogen and oxygen atoms in total. The van der Waals surface area contributed by atoms with Crippen LogP contribution in [0.3, 0.4) is 0 Å². The molecule has 1 amide bonds. The lowest BCUT2D eigenvalue weighted by Crippen LogP contribution is -2.41. The molecule has 1 fully saturated rings. The van der Waals surface area contributed by atoms with Crippen molar-refractivity contribution in [3.63, 3.8) is 0 Å². The lowest BCUT2D eigenvalue weighted by molar-refractivity contribution is 0.00578. The minimum absolute atomic E-state index is 0.0129. The van der Waals surface area contributed by atoms with Crippen LogP contribution >= 0.6 is 0 Å². The average Bonchev–Trinajstić information content (AvgIpc) is 2.74. The molecule has 6 heteroatoms. The summed E-state index contributed by atoms with van der Waals surface area (Å²) in [5.41, 5.74) is 1.85. The second-order valence-electron chi connectivity index (χ2n) is 7.66. The summed E-state index contributed by atoms with van der Waals surface area (Å²) in [4.78, 5) is 13.8. The zero-order valence-corrected chi connectivity index (χ0v) is 16.3. The Morgan fingerprint density at radius 2 is 1.80 bits per heavy atom. The molecular weight excluding hydrogens is 315 g/mol. The Kier molecular flexibility index (Phi) is 5.77. The van der Waals surface area contributed by atoms with Gasteiger partial charge >= 0.3 is 7.12 Å². The monoisotopic (exact) mass is 344 g/mol. The number of nitrogens with one attached hydrogen (secondary N) is 1. The maximum atomic E-state index is 12.2. The van der Waals surface area contributed by atoms with Gasteiger partial charge in [0.15, 0.2) is 0 Å². The van der Waals surface area contributed by atoms with Crippen molar-refractivity contribution in [1.29, 1.82) is 0 Å². The van der Waals surface area contributed by atoms with Gasteiger partial charge in [0.1, 0.15) is 0 Å². The first kappa shape index (κ1) is 19.7. The third kappa shape index (κ3) is 4.32. The molecule has 136 valence electrons. The van der Waals surface area contributed by atoms with Gasteiger partial charge in [0.2, 0.25) is 0 Å². The van der Waals surface area contributed by atoms with Crippen LogP contribution in [0, 0.1) is 0 Å². The topological polar surface area (TPSA) is 50.8 Å². The molecule has 1 aromatic rings. The number of hydrogen-bond donors (Lipinski definition) is 1. The number of nitrogens with zero attached hydrogens (tertiary/aromatic N) is 1. The molecule has 0 radical (unpaired) electrons. The van der Waals surface area contributed by atoms with E-state index in [0.717, 1.165) is 11.0 Å². The zero-order chi connectivity index (χ0) is 18.8. The Morgan fingerprint density at radius 1 is 1.20 bits per heavy atom. The summed E-state index contributed by atoms with van der Waals surface area (Å²) >= 11 is 0. The number of likely N-dealkylation sites (N-methyl/N-ethyl adjacent to an activating group) is 1. The quantitative estimate of drug-likeness (QED) is 0.835. The van der Waals surface area contributed by atoms with Crippen molar-refractivity contribution in [2.75, 3.05) is 27.7 Å². The molecule has 2 rings (SSSR count). The number of rotatable bonds is 5. The predicted molar refractivity (Wildman–Crippen MR) is 102 cm³/mol. The number of carbonyl (C=O) groups is 1. The van der Waals surface area contributed by atoms with Crippen molar-refractivity contribution in [2.24, 2.45) is 0 Å². The van der Waals surface area contributed by atoms with Gasteiger partial charge in [0.25, 0.3) is 5.91 Å². The van der Waals surface area contributed by atoms with Gasteiger partial charge in [-0.2, -0.15) is 0 Å². The Labute approximate surface area is 151 Å². The van der Waals surface area contributed by atoms with E-state index in [1.807, 2.05) is 65.1 Å². The first-order chi connectivity index (χ1) is 11.6. The minimum atomic E-state index is -0.411. The van der Waals surface area contributed by atoms with E-state index >= 15 is 0 Å². The molecule has 0 aromatic heterocycles. The van der Waals surface area contributed by atoms with Crippen molar-refractivity contribution >= 4 is 19.1 Å². The molecule has 1 aliphatic rings. The fraction of sp³-hybridized carbons (Fsp3) is 0.526. The Balaban J connectivity index is 2.32. The van der Waals surface area contributed by atoms with Crippen LogP contribution in [0.25, 0.3) is 6.08 Å². The number of carbonyl (C=O) groups excluding carboxylic acids is 1. The highest BCUT2D eigenvalue weighted by Crippen LogP contribution is 2.38. The van der Waals surface area contributed by atoms with E-state index in [-0.39, 0.29) is 17.1 Å². The van der Waals surface area contributed by atoms with Crippen LogP contribution in [0.15, 0.2) is 29.7 Å². The van der Waals surface area contributed by atoms with Crippen LogP contribution in [0.1, 0.15) is 43.6 Å². The Hall–Kier alpha value is -1.63. The van der Waals surface area contributed by atoms with E-state index in [4.69, 9.17) is 9.31 Å². The van der Waals surface area contributed by atoms with E-state index in [9.17, 15) is 4.79 Å². The molecule has 1 saturated heterocycles. The van der Waals surface area contributed by atoms with Gasteiger partial charge in [-0.05, 0) is 57.9 Å². The molecular formula is C19H29BN2O3. The Bertz CT molecular complexity index is 652. The van der Waals surface area contributed by atoms with Crippen LogP contribution in [0.5, 0.6) is 0 Å². The summed E-state index contributed by atoms with van der Waals surface area (Å²) in [6.07, 6.45) is 2.03. The highest BCUT2D eigenvalue weighted by atomic mass is 16.7. The SMILES string of the molecule is CNCC(=Cc1cccc(C(=O)N(C)C)c1)B1OC(C)(C)C(C)(C)O1. The molecule has 1 aliphatic heterocycles. The average molecular weight is 344 g/mol. The summed E-state index contributed by atoms with van der Waals surface area (Å²) in [5, 5.41) is 3.17. The van der Waals surface area contributed by atoms with Gasteiger partial charge < -0.3 is 19.5 Å². The lowest BCUT2D eigenvalue weighted by Gasteiger charge is -2.32. The molecule has 1 N–H and O–H groups in total. The van der Waals surface area contributed by atoms with E-state index < -0.39 is 7.12 Å². The van der Waals surface area contributed by atoms with Crippen LogP contribution < -0.4 is 5.32 Å². The summed E-state index contributed by atoms with van der Waals surface area (Å²) in [6.45, 7) is 8.81. The fourth-order valence-corrected chi connectivity index (χ4v) is 2.63. The number of benzene rings is 1. The number of amides is 1. The van der Waals surface area contributed by atoms with Gasteiger partial charge in [-0.1, -0.05) is 18.2 Å². The smallest absolute Gasteiger partial charge is 0.400 e. The molecule has 0 aliphatic carbocycles. The minimum Gasteiger partial charge on any atom is -0.400 e. The van der Waals surface area contributed by atoms with Crippen molar-refractivity contribution in [2.45, 2.75) is 38.9 Å². The molecule has 0 atom stereocenters. The van der Waals surface area contributed by atoms with E-state index in [1.165, 1.54) is 0 Å². The molecule has 1 aromatic carbocycles. The Morgan fingerprint density at radius 3 is 2.32 bits per heavy atom. The predicted octanol–water partition coefficient (Wildman–Crippen LogP) is 2.62. The molecule has 0 bridgehead atoms. The van der Waals surface area contributed by atoms with E-state index in [1.54, 1.807) is 19.0 Å². The first-order valence-corrected chi connectivity index (χ1v) is 8.60. The molecule has 0 saturated carbocycles.